The van der Waals surface area contributed by atoms with Crippen molar-refractivity contribution in [3.8, 4) is 0 Å². The first-order valence-corrected chi connectivity index (χ1v) is 10.2. The number of carbonyl (C=O) groups excluding carboxylic acids is 2. The van der Waals surface area contributed by atoms with Gasteiger partial charge < -0.3 is 19.7 Å². The lowest BCUT2D eigenvalue weighted by atomic mass is 10.1. The van der Waals surface area contributed by atoms with Gasteiger partial charge in [0.25, 0.3) is 0 Å². The molecule has 0 saturated heterocycles. The first kappa shape index (κ1) is 24.9. The van der Waals surface area contributed by atoms with Crippen LogP contribution >= 0.6 is 0 Å². The Labute approximate surface area is 158 Å². The molecule has 2 atom stereocenters. The lowest BCUT2D eigenvalue weighted by molar-refractivity contribution is -0.173. The fourth-order valence-electron chi connectivity index (χ4n) is 2.54. The predicted octanol–water partition coefficient (Wildman–Crippen LogP) is 3.52. The van der Waals surface area contributed by atoms with Gasteiger partial charge in [-0.05, 0) is 12.8 Å². The van der Waals surface area contributed by atoms with Crippen LogP contribution in [0.1, 0.15) is 90.9 Å². The number of ether oxygens (including phenoxy) is 2. The van der Waals surface area contributed by atoms with Crippen molar-refractivity contribution in [2.75, 3.05) is 13.2 Å². The van der Waals surface area contributed by atoms with Crippen molar-refractivity contribution in [3.05, 3.63) is 0 Å². The number of hydrogen-bond donors (Lipinski definition) is 2. The number of rotatable bonds is 17. The van der Waals surface area contributed by atoms with Gasteiger partial charge in [0.2, 0.25) is 0 Å². The van der Waals surface area contributed by atoms with E-state index in [-0.39, 0.29) is 13.2 Å². The van der Waals surface area contributed by atoms with E-state index in [0.29, 0.717) is 12.8 Å². The summed E-state index contributed by atoms with van der Waals surface area (Å²) in [7, 11) is 0. The summed E-state index contributed by atoms with van der Waals surface area (Å²) in [6, 6.07) is 0. The van der Waals surface area contributed by atoms with Crippen LogP contribution in [0, 0.1) is 0 Å². The lowest BCUT2D eigenvalue weighted by Gasteiger charge is -2.16. The molecule has 0 unspecified atom stereocenters. The molecule has 0 aromatic rings. The van der Waals surface area contributed by atoms with Gasteiger partial charge in [0.15, 0.2) is 12.2 Å². The van der Waals surface area contributed by atoms with Crippen LogP contribution in [-0.4, -0.2) is 47.6 Å². The van der Waals surface area contributed by atoms with Crippen LogP contribution < -0.4 is 0 Å². The zero-order valence-electron chi connectivity index (χ0n) is 16.6. The Morgan fingerprint density at radius 2 is 0.923 bits per heavy atom. The first-order chi connectivity index (χ1) is 12.5. The molecule has 0 rings (SSSR count). The van der Waals surface area contributed by atoms with Gasteiger partial charge in [-0.2, -0.15) is 0 Å². The molecule has 2 N–H and O–H groups in total. The maximum atomic E-state index is 11.7. The molecule has 0 heterocycles. The molecule has 0 aliphatic rings. The van der Waals surface area contributed by atoms with Crippen LogP contribution in [0.2, 0.25) is 0 Å². The van der Waals surface area contributed by atoms with Crippen LogP contribution in [0.4, 0.5) is 0 Å². The highest BCUT2D eigenvalue weighted by Crippen LogP contribution is 2.07. The number of hydrogen-bond acceptors (Lipinski definition) is 6. The molecule has 0 aromatic heterocycles. The SMILES string of the molecule is CCCCCCCCOC(=O)[C@@H](O)[C@H](O)C(=O)OCCCCCCCC. The standard InChI is InChI=1S/C20H38O6/c1-3-5-7-9-11-13-15-25-19(23)17(21)18(22)20(24)26-16-14-12-10-8-6-4-2/h17-18,21-22H,3-16H2,1-2H3/t17-,18-/m0/s1. The maximum Gasteiger partial charge on any atom is 0.338 e. The van der Waals surface area contributed by atoms with Crippen molar-refractivity contribution in [1.82, 2.24) is 0 Å². The minimum atomic E-state index is -1.90. The highest BCUT2D eigenvalue weighted by Gasteiger charge is 2.32. The topological polar surface area (TPSA) is 93.1 Å². The summed E-state index contributed by atoms with van der Waals surface area (Å²) < 4.78 is 9.81. The summed E-state index contributed by atoms with van der Waals surface area (Å²) in [4.78, 5) is 23.3. The zero-order valence-corrected chi connectivity index (χ0v) is 16.6. The van der Waals surface area contributed by atoms with Crippen molar-refractivity contribution in [2.24, 2.45) is 0 Å². The summed E-state index contributed by atoms with van der Waals surface area (Å²) in [6.45, 7) is 4.66. The molecule has 0 spiro atoms. The Morgan fingerprint density at radius 3 is 1.27 bits per heavy atom. The molecule has 0 amide bonds. The van der Waals surface area contributed by atoms with Gasteiger partial charge in [0, 0.05) is 0 Å². The number of aliphatic hydroxyl groups excluding tert-OH is 2. The van der Waals surface area contributed by atoms with E-state index < -0.39 is 24.1 Å². The molecule has 0 aliphatic heterocycles. The highest BCUT2D eigenvalue weighted by molar-refractivity contribution is 5.85. The number of unbranched alkanes of at least 4 members (excludes halogenated alkanes) is 10. The molecule has 6 nitrogen and oxygen atoms in total. The van der Waals surface area contributed by atoms with Gasteiger partial charge >= 0.3 is 11.9 Å². The molecular weight excluding hydrogens is 336 g/mol. The van der Waals surface area contributed by atoms with Gasteiger partial charge in [-0.1, -0.05) is 78.1 Å². The quantitative estimate of drug-likeness (QED) is 0.299. The minimum absolute atomic E-state index is 0.182. The number of carbonyl (C=O) groups is 2. The largest absolute Gasteiger partial charge is 0.464 e. The smallest absolute Gasteiger partial charge is 0.338 e. The predicted molar refractivity (Wildman–Crippen MR) is 101 cm³/mol. The monoisotopic (exact) mass is 374 g/mol. The van der Waals surface area contributed by atoms with Crippen molar-refractivity contribution in [1.29, 1.82) is 0 Å². The maximum absolute atomic E-state index is 11.7. The third-order valence-corrected chi connectivity index (χ3v) is 4.27. The molecular formula is C20H38O6. The average molecular weight is 375 g/mol. The Hall–Kier alpha value is -1.14. The summed E-state index contributed by atoms with van der Waals surface area (Å²) >= 11 is 0. The fourth-order valence-corrected chi connectivity index (χ4v) is 2.54. The fraction of sp³-hybridized carbons (Fsp3) is 0.900. The normalized spacial score (nSPS) is 13.2. The second-order valence-electron chi connectivity index (χ2n) is 6.76. The van der Waals surface area contributed by atoms with Crippen molar-refractivity contribution >= 4 is 11.9 Å². The van der Waals surface area contributed by atoms with Gasteiger partial charge in [-0.15, -0.1) is 0 Å². The Morgan fingerprint density at radius 1 is 0.615 bits per heavy atom. The highest BCUT2D eigenvalue weighted by atomic mass is 16.6. The van der Waals surface area contributed by atoms with Crippen molar-refractivity contribution < 1.29 is 29.3 Å². The summed E-state index contributed by atoms with van der Waals surface area (Å²) in [5.41, 5.74) is 0. The summed E-state index contributed by atoms with van der Waals surface area (Å²) in [5.74, 6) is -1.97. The van der Waals surface area contributed by atoms with Gasteiger partial charge in [0.1, 0.15) is 0 Å². The van der Waals surface area contributed by atoms with E-state index in [9.17, 15) is 19.8 Å². The zero-order chi connectivity index (χ0) is 19.6. The number of aliphatic hydroxyl groups is 2. The van der Waals surface area contributed by atoms with E-state index in [1.165, 1.54) is 25.7 Å². The van der Waals surface area contributed by atoms with E-state index in [0.717, 1.165) is 38.5 Å². The van der Waals surface area contributed by atoms with Gasteiger partial charge in [-0.3, -0.25) is 0 Å². The molecule has 0 radical (unpaired) electrons. The molecule has 26 heavy (non-hydrogen) atoms. The van der Waals surface area contributed by atoms with E-state index in [4.69, 9.17) is 9.47 Å². The van der Waals surface area contributed by atoms with Crippen LogP contribution in [0.5, 0.6) is 0 Å². The molecule has 6 heteroatoms. The molecule has 0 saturated carbocycles. The Balaban J connectivity index is 3.78. The van der Waals surface area contributed by atoms with Gasteiger partial charge in [-0.25, -0.2) is 9.59 Å². The Bertz CT molecular complexity index is 324. The molecule has 0 aliphatic carbocycles. The minimum Gasteiger partial charge on any atom is -0.464 e. The summed E-state index contributed by atoms with van der Waals surface area (Å²) in [5, 5.41) is 19.4. The van der Waals surface area contributed by atoms with Crippen LogP contribution in [-0.2, 0) is 19.1 Å². The van der Waals surface area contributed by atoms with Crippen LogP contribution in [0.25, 0.3) is 0 Å². The lowest BCUT2D eigenvalue weighted by Crippen LogP contribution is -2.41. The average Bonchev–Trinajstić information content (AvgIpc) is 2.64. The van der Waals surface area contributed by atoms with Crippen molar-refractivity contribution in [3.63, 3.8) is 0 Å². The van der Waals surface area contributed by atoms with E-state index >= 15 is 0 Å². The van der Waals surface area contributed by atoms with Gasteiger partial charge in [0.05, 0.1) is 13.2 Å². The first-order valence-electron chi connectivity index (χ1n) is 10.2. The van der Waals surface area contributed by atoms with E-state index in [1.54, 1.807) is 0 Å². The second-order valence-corrected chi connectivity index (χ2v) is 6.76. The Kier molecular flexibility index (Phi) is 16.5. The van der Waals surface area contributed by atoms with E-state index in [1.807, 2.05) is 0 Å². The number of esters is 2. The van der Waals surface area contributed by atoms with Crippen molar-refractivity contribution in [2.45, 2.75) is 103 Å². The molecule has 0 aromatic carbocycles. The second kappa shape index (κ2) is 17.3. The van der Waals surface area contributed by atoms with Crippen LogP contribution in [0.3, 0.4) is 0 Å². The third kappa shape index (κ3) is 13.1. The summed E-state index contributed by atoms with van der Waals surface area (Å²) in [6.07, 6.45) is 8.77. The molecule has 154 valence electrons. The molecule has 0 bridgehead atoms. The third-order valence-electron chi connectivity index (χ3n) is 4.27. The molecule has 0 fully saturated rings. The van der Waals surface area contributed by atoms with Crippen LogP contribution in [0.15, 0.2) is 0 Å². The van der Waals surface area contributed by atoms with E-state index in [2.05, 4.69) is 13.8 Å².